The van der Waals surface area contributed by atoms with Crippen LogP contribution in [0.2, 0.25) is 0 Å². The number of oxime groups is 1. The minimum Gasteiger partial charge on any atom is -0.480 e. The summed E-state index contributed by atoms with van der Waals surface area (Å²) < 4.78 is 0. The van der Waals surface area contributed by atoms with Crippen molar-refractivity contribution >= 4 is 34.5 Å². The maximum atomic E-state index is 13.4. The third kappa shape index (κ3) is 3.73. The normalized spacial score (nSPS) is 18.9. The maximum Gasteiger partial charge on any atom is 0.328 e. The van der Waals surface area contributed by atoms with Crippen molar-refractivity contribution < 1.29 is 24.7 Å². The minimum atomic E-state index is -1.44. The van der Waals surface area contributed by atoms with Crippen molar-refractivity contribution in [2.45, 2.75) is 19.0 Å². The van der Waals surface area contributed by atoms with E-state index < -0.39 is 30.0 Å². The van der Waals surface area contributed by atoms with E-state index in [4.69, 9.17) is 10.9 Å². The number of aliphatic carboxylic acids is 1. The van der Waals surface area contributed by atoms with Crippen LogP contribution in [-0.4, -0.2) is 50.4 Å². The van der Waals surface area contributed by atoms with Gasteiger partial charge in [0.2, 0.25) is 0 Å². The van der Waals surface area contributed by atoms with Crippen molar-refractivity contribution in [2.24, 2.45) is 10.9 Å². The lowest BCUT2D eigenvalue weighted by molar-refractivity contribution is -0.143. The third-order valence-electron chi connectivity index (χ3n) is 5.96. The van der Waals surface area contributed by atoms with E-state index >= 15 is 0 Å². The predicted molar refractivity (Wildman–Crippen MR) is 121 cm³/mol. The van der Waals surface area contributed by atoms with E-state index in [-0.39, 0.29) is 12.4 Å². The predicted octanol–water partition coefficient (Wildman–Crippen LogP) is 2.70. The number of carbonyl (C=O) groups is 3. The summed E-state index contributed by atoms with van der Waals surface area (Å²) in [5, 5.41) is 23.1. The number of imide groups is 1. The van der Waals surface area contributed by atoms with Crippen LogP contribution in [0, 0.1) is 0 Å². The Bertz CT molecular complexity index is 1290. The van der Waals surface area contributed by atoms with Gasteiger partial charge in [0.25, 0.3) is 5.91 Å². The summed E-state index contributed by atoms with van der Waals surface area (Å²) in [4.78, 5) is 40.1. The van der Waals surface area contributed by atoms with E-state index in [9.17, 15) is 19.5 Å². The van der Waals surface area contributed by atoms with Gasteiger partial charge in [-0.05, 0) is 34.9 Å². The lowest BCUT2D eigenvalue weighted by Gasteiger charge is -2.32. The summed E-state index contributed by atoms with van der Waals surface area (Å²) in [6.45, 7) is 0.961. The first kappa shape index (κ1) is 21.8. The fourth-order valence-corrected chi connectivity index (χ4v) is 4.12. The molecule has 3 amide bonds. The van der Waals surface area contributed by atoms with Crippen LogP contribution in [0.5, 0.6) is 0 Å². The quantitative estimate of drug-likeness (QED) is 0.175. The van der Waals surface area contributed by atoms with Crippen molar-refractivity contribution in [2.75, 3.05) is 6.54 Å². The van der Waals surface area contributed by atoms with Crippen molar-refractivity contribution in [1.82, 2.24) is 9.80 Å². The van der Waals surface area contributed by atoms with Crippen LogP contribution < -0.4 is 5.73 Å². The Morgan fingerprint density at radius 1 is 1.03 bits per heavy atom. The highest BCUT2D eigenvalue weighted by Crippen LogP contribution is 2.38. The molecule has 3 aromatic rings. The van der Waals surface area contributed by atoms with Gasteiger partial charge in [-0.15, -0.1) is 0 Å². The molecule has 3 aromatic carbocycles. The van der Waals surface area contributed by atoms with E-state index in [1.807, 2.05) is 42.5 Å². The molecule has 9 nitrogen and oxygen atoms in total. The standard InChI is InChI=1S/C24H22N4O5/c1-24(19-10-8-17(9-11-19)21(25)26-33)22(31)27(14-20(29)30)23(32)28(24)13-15-6-7-16-4-2-3-5-18(16)12-15/h2-12,33H,13-14H2,1H3,(H2,25,26)(H,29,30). The Morgan fingerprint density at radius 2 is 1.70 bits per heavy atom. The first-order chi connectivity index (χ1) is 15.8. The number of nitrogens with zero attached hydrogens (tertiary/aromatic N) is 3. The van der Waals surface area contributed by atoms with Crippen molar-refractivity contribution in [1.29, 1.82) is 0 Å². The number of benzene rings is 3. The summed E-state index contributed by atoms with van der Waals surface area (Å²) in [5.74, 6) is -2.01. The van der Waals surface area contributed by atoms with Crippen LogP contribution in [0.1, 0.15) is 23.6 Å². The Balaban J connectivity index is 1.77. The molecular formula is C24H22N4O5. The van der Waals surface area contributed by atoms with Gasteiger partial charge in [0, 0.05) is 12.1 Å². The fraction of sp³-hybridized carbons (Fsp3) is 0.167. The molecule has 4 rings (SSSR count). The minimum absolute atomic E-state index is 0.0962. The van der Waals surface area contributed by atoms with Gasteiger partial charge in [0.15, 0.2) is 5.84 Å². The lowest BCUT2D eigenvalue weighted by Crippen LogP contribution is -2.44. The molecule has 0 aromatic heterocycles. The maximum absolute atomic E-state index is 13.4. The topological polar surface area (TPSA) is 137 Å². The molecule has 0 saturated carbocycles. The summed E-state index contributed by atoms with van der Waals surface area (Å²) in [5.41, 5.74) is 5.89. The number of hydrogen-bond acceptors (Lipinski definition) is 5. The largest absolute Gasteiger partial charge is 0.480 e. The molecule has 1 unspecified atom stereocenters. The summed E-state index contributed by atoms with van der Waals surface area (Å²) in [6.07, 6.45) is 0. The number of fused-ring (bicyclic) bond motifs is 1. The molecule has 0 radical (unpaired) electrons. The molecule has 0 aliphatic carbocycles. The number of rotatable bonds is 6. The number of amides is 3. The Morgan fingerprint density at radius 3 is 2.33 bits per heavy atom. The molecule has 168 valence electrons. The van der Waals surface area contributed by atoms with Gasteiger partial charge in [-0.2, -0.15) is 0 Å². The summed E-state index contributed by atoms with van der Waals surface area (Å²) in [7, 11) is 0. The van der Waals surface area contributed by atoms with Crippen LogP contribution in [0.15, 0.2) is 71.9 Å². The number of hydrogen-bond donors (Lipinski definition) is 3. The van der Waals surface area contributed by atoms with Gasteiger partial charge >= 0.3 is 12.0 Å². The Kier molecular flexibility index (Phi) is 5.47. The molecule has 1 saturated heterocycles. The molecule has 1 heterocycles. The average molecular weight is 446 g/mol. The molecular weight excluding hydrogens is 424 g/mol. The second kappa shape index (κ2) is 8.27. The highest BCUT2D eigenvalue weighted by atomic mass is 16.4. The van der Waals surface area contributed by atoms with Gasteiger partial charge in [-0.25, -0.2) is 4.79 Å². The Hall–Kier alpha value is -4.40. The second-order valence-electron chi connectivity index (χ2n) is 7.97. The zero-order chi connectivity index (χ0) is 23.8. The number of amidine groups is 1. The van der Waals surface area contributed by atoms with E-state index in [0.717, 1.165) is 21.2 Å². The second-order valence-corrected chi connectivity index (χ2v) is 7.97. The molecule has 33 heavy (non-hydrogen) atoms. The smallest absolute Gasteiger partial charge is 0.328 e. The number of carboxylic acids is 1. The number of urea groups is 1. The van der Waals surface area contributed by atoms with Gasteiger partial charge in [0.05, 0.1) is 0 Å². The van der Waals surface area contributed by atoms with Crippen LogP contribution in [0.3, 0.4) is 0 Å². The first-order valence-electron chi connectivity index (χ1n) is 10.2. The monoisotopic (exact) mass is 446 g/mol. The molecule has 1 atom stereocenters. The molecule has 1 aliphatic rings. The van der Waals surface area contributed by atoms with Crippen LogP contribution in [0.4, 0.5) is 4.79 Å². The molecule has 9 heteroatoms. The van der Waals surface area contributed by atoms with Crippen LogP contribution in [0.25, 0.3) is 10.8 Å². The molecule has 1 aliphatic heterocycles. The van der Waals surface area contributed by atoms with Gasteiger partial charge in [-0.1, -0.05) is 65.8 Å². The van der Waals surface area contributed by atoms with E-state index in [1.165, 1.54) is 4.90 Å². The highest BCUT2D eigenvalue weighted by Gasteiger charge is 2.55. The van der Waals surface area contributed by atoms with Crippen LogP contribution in [-0.2, 0) is 21.7 Å². The molecule has 0 bridgehead atoms. The van der Waals surface area contributed by atoms with Crippen molar-refractivity contribution in [3.8, 4) is 0 Å². The first-order valence-corrected chi connectivity index (χ1v) is 10.2. The highest BCUT2D eigenvalue weighted by molar-refractivity contribution is 6.09. The van der Waals surface area contributed by atoms with Crippen LogP contribution >= 0.6 is 0 Å². The molecule has 1 fully saturated rings. The average Bonchev–Trinajstić information content (AvgIpc) is 3.00. The van der Waals surface area contributed by atoms with E-state index in [1.54, 1.807) is 31.2 Å². The summed E-state index contributed by atoms with van der Waals surface area (Å²) >= 11 is 0. The Labute approximate surface area is 189 Å². The van der Waals surface area contributed by atoms with Gasteiger partial charge in [-0.3, -0.25) is 14.5 Å². The fourth-order valence-electron chi connectivity index (χ4n) is 4.12. The lowest BCUT2D eigenvalue weighted by atomic mass is 9.89. The number of carbonyl (C=O) groups excluding carboxylic acids is 2. The van der Waals surface area contributed by atoms with Crippen molar-refractivity contribution in [3.63, 3.8) is 0 Å². The number of carboxylic acid groups (broad SMARTS) is 1. The zero-order valence-electron chi connectivity index (χ0n) is 17.8. The zero-order valence-corrected chi connectivity index (χ0v) is 17.8. The third-order valence-corrected chi connectivity index (χ3v) is 5.96. The molecule has 0 spiro atoms. The van der Waals surface area contributed by atoms with Gasteiger partial charge in [0.1, 0.15) is 12.1 Å². The van der Waals surface area contributed by atoms with Gasteiger partial charge < -0.3 is 20.9 Å². The van der Waals surface area contributed by atoms with E-state index in [0.29, 0.717) is 11.1 Å². The van der Waals surface area contributed by atoms with E-state index in [2.05, 4.69) is 5.16 Å². The molecule has 4 N–H and O–H groups in total. The SMILES string of the molecule is CC1(c2ccc(C(N)=NO)cc2)C(=O)N(CC(=O)O)C(=O)N1Cc1ccc2ccccc2c1. The van der Waals surface area contributed by atoms with Crippen molar-refractivity contribution in [3.05, 3.63) is 83.4 Å². The number of nitrogens with two attached hydrogens (primary N) is 1. The summed E-state index contributed by atoms with van der Waals surface area (Å²) in [6, 6.07) is 19.2.